The van der Waals surface area contributed by atoms with Gasteiger partial charge in [0.15, 0.2) is 0 Å². The molecule has 0 amide bonds. The Hall–Kier alpha value is -0.740. The van der Waals surface area contributed by atoms with Crippen LogP contribution in [-0.2, 0) is 9.84 Å². The van der Waals surface area contributed by atoms with Gasteiger partial charge in [0.05, 0.1) is 4.90 Å². The predicted molar refractivity (Wildman–Crippen MR) is 73.9 cm³/mol. The number of benzene rings is 1. The van der Waals surface area contributed by atoms with Crippen molar-refractivity contribution in [2.24, 2.45) is 0 Å². The molecule has 0 aromatic heterocycles. The highest BCUT2D eigenvalue weighted by atomic mass is 32.2. The molecule has 1 aromatic carbocycles. The molecule has 0 atom stereocenters. The van der Waals surface area contributed by atoms with Crippen LogP contribution in [0.4, 0.5) is 0 Å². The topological polar surface area (TPSA) is 34.1 Å². The fourth-order valence-electron chi connectivity index (χ4n) is 1.81. The first-order chi connectivity index (χ1) is 7.90. The quantitative estimate of drug-likeness (QED) is 0.844. The standard InChI is InChI=1S/C13H16O2S2/c1-9(2)16-7-11-8-17(14,15)13-6-10(3)4-5-12(11)13/h4-6,8-9H,7H2,1-3H3. The van der Waals surface area contributed by atoms with Crippen molar-refractivity contribution in [2.45, 2.75) is 30.9 Å². The Bertz CT molecular complexity index is 569. The number of rotatable bonds is 3. The maximum absolute atomic E-state index is 12.0. The summed E-state index contributed by atoms with van der Waals surface area (Å²) in [6, 6.07) is 5.64. The largest absolute Gasteiger partial charge is 0.219 e. The lowest BCUT2D eigenvalue weighted by Crippen LogP contribution is -1.94. The second-order valence-corrected chi connectivity index (χ2v) is 7.88. The molecule has 1 heterocycles. The maximum Gasteiger partial charge on any atom is 0.200 e. The van der Waals surface area contributed by atoms with E-state index in [1.54, 1.807) is 17.8 Å². The van der Waals surface area contributed by atoms with Crippen molar-refractivity contribution in [1.82, 2.24) is 0 Å². The van der Waals surface area contributed by atoms with Crippen molar-refractivity contribution >= 4 is 27.2 Å². The number of sulfone groups is 1. The van der Waals surface area contributed by atoms with Gasteiger partial charge in [0.2, 0.25) is 9.84 Å². The summed E-state index contributed by atoms with van der Waals surface area (Å²) in [7, 11) is -3.20. The van der Waals surface area contributed by atoms with Crippen LogP contribution in [0.15, 0.2) is 28.5 Å². The van der Waals surface area contributed by atoms with E-state index in [0.717, 1.165) is 22.5 Å². The lowest BCUT2D eigenvalue weighted by atomic mass is 10.1. The highest BCUT2D eigenvalue weighted by molar-refractivity contribution is 8.00. The van der Waals surface area contributed by atoms with E-state index in [1.165, 1.54) is 5.41 Å². The molecule has 0 aliphatic carbocycles. The van der Waals surface area contributed by atoms with Gasteiger partial charge in [0.25, 0.3) is 0 Å². The first kappa shape index (κ1) is 12.7. The number of hydrogen-bond acceptors (Lipinski definition) is 3. The van der Waals surface area contributed by atoms with Gasteiger partial charge in [0, 0.05) is 11.2 Å². The summed E-state index contributed by atoms with van der Waals surface area (Å²) in [6.45, 7) is 6.14. The zero-order chi connectivity index (χ0) is 12.6. The number of hydrogen-bond donors (Lipinski definition) is 0. The summed E-state index contributed by atoms with van der Waals surface area (Å²) < 4.78 is 23.9. The zero-order valence-electron chi connectivity index (χ0n) is 10.2. The fourth-order valence-corrected chi connectivity index (χ4v) is 4.24. The van der Waals surface area contributed by atoms with Crippen molar-refractivity contribution < 1.29 is 8.42 Å². The summed E-state index contributed by atoms with van der Waals surface area (Å²) in [5.74, 6) is 0.757. The number of thioether (sulfide) groups is 1. The number of aryl methyl sites for hydroxylation is 1. The van der Waals surface area contributed by atoms with Crippen LogP contribution in [0, 0.1) is 6.92 Å². The minimum atomic E-state index is -3.20. The SMILES string of the molecule is Cc1ccc2c(c1)S(=O)(=O)C=C2CSC(C)C. The third kappa shape index (κ3) is 2.58. The van der Waals surface area contributed by atoms with Crippen molar-refractivity contribution in [3.05, 3.63) is 34.7 Å². The van der Waals surface area contributed by atoms with Gasteiger partial charge in [-0.2, -0.15) is 11.8 Å². The molecule has 1 aromatic rings. The molecule has 2 rings (SSSR count). The van der Waals surface area contributed by atoms with E-state index >= 15 is 0 Å². The van der Waals surface area contributed by atoms with E-state index in [1.807, 2.05) is 19.1 Å². The predicted octanol–water partition coefficient (Wildman–Crippen LogP) is 3.26. The Kier molecular flexibility index (Phi) is 3.36. The molecule has 1 aliphatic rings. The van der Waals surface area contributed by atoms with Crippen LogP contribution in [0.25, 0.3) is 5.57 Å². The molecule has 0 saturated carbocycles. The van der Waals surface area contributed by atoms with Crippen molar-refractivity contribution in [3.8, 4) is 0 Å². The van der Waals surface area contributed by atoms with Gasteiger partial charge in [-0.05, 0) is 34.9 Å². The van der Waals surface area contributed by atoms with E-state index in [4.69, 9.17) is 0 Å². The van der Waals surface area contributed by atoms with E-state index in [0.29, 0.717) is 10.1 Å². The fraction of sp³-hybridized carbons (Fsp3) is 0.385. The Balaban J connectivity index is 2.40. The monoisotopic (exact) mass is 268 g/mol. The van der Waals surface area contributed by atoms with Gasteiger partial charge in [-0.15, -0.1) is 0 Å². The summed E-state index contributed by atoms with van der Waals surface area (Å²) in [5.41, 5.74) is 2.79. The Morgan fingerprint density at radius 1 is 1.29 bits per heavy atom. The van der Waals surface area contributed by atoms with Gasteiger partial charge in [-0.3, -0.25) is 0 Å². The van der Waals surface area contributed by atoms with Gasteiger partial charge >= 0.3 is 0 Å². The van der Waals surface area contributed by atoms with Crippen molar-refractivity contribution in [2.75, 3.05) is 5.75 Å². The third-order valence-corrected chi connectivity index (χ3v) is 5.35. The molecule has 0 saturated heterocycles. The van der Waals surface area contributed by atoms with Crippen LogP contribution >= 0.6 is 11.8 Å². The summed E-state index contributed by atoms with van der Waals surface area (Å²) >= 11 is 1.76. The average molecular weight is 268 g/mol. The molecule has 17 heavy (non-hydrogen) atoms. The normalized spacial score (nSPS) is 17.1. The summed E-state index contributed by atoms with van der Waals surface area (Å²) in [5, 5.41) is 1.93. The van der Waals surface area contributed by atoms with Gasteiger partial charge < -0.3 is 0 Å². The molecule has 4 heteroatoms. The first-order valence-corrected chi connectivity index (χ1v) is 8.18. The van der Waals surface area contributed by atoms with Crippen LogP contribution in [0.3, 0.4) is 0 Å². The van der Waals surface area contributed by atoms with E-state index in [2.05, 4.69) is 13.8 Å². The molecule has 0 radical (unpaired) electrons. The average Bonchev–Trinajstić information content (AvgIpc) is 2.48. The molecule has 0 spiro atoms. The van der Waals surface area contributed by atoms with E-state index in [-0.39, 0.29) is 0 Å². The van der Waals surface area contributed by atoms with Crippen LogP contribution in [0.1, 0.15) is 25.0 Å². The highest BCUT2D eigenvalue weighted by Crippen LogP contribution is 2.36. The molecular formula is C13H16O2S2. The minimum Gasteiger partial charge on any atom is -0.219 e. The van der Waals surface area contributed by atoms with Gasteiger partial charge in [-0.1, -0.05) is 26.0 Å². The second-order valence-electron chi connectivity index (χ2n) is 4.55. The maximum atomic E-state index is 12.0. The molecule has 2 nitrogen and oxygen atoms in total. The molecule has 1 aliphatic heterocycles. The van der Waals surface area contributed by atoms with E-state index < -0.39 is 9.84 Å². The molecule has 0 unspecified atom stereocenters. The molecule has 0 N–H and O–H groups in total. The van der Waals surface area contributed by atoms with Crippen LogP contribution in [0.2, 0.25) is 0 Å². The van der Waals surface area contributed by atoms with Crippen LogP contribution in [0.5, 0.6) is 0 Å². The van der Waals surface area contributed by atoms with Crippen molar-refractivity contribution in [3.63, 3.8) is 0 Å². The molecule has 0 bridgehead atoms. The Morgan fingerprint density at radius 3 is 2.65 bits per heavy atom. The van der Waals surface area contributed by atoms with Crippen molar-refractivity contribution in [1.29, 1.82) is 0 Å². The van der Waals surface area contributed by atoms with Crippen LogP contribution in [-0.4, -0.2) is 19.4 Å². The minimum absolute atomic E-state index is 0.469. The van der Waals surface area contributed by atoms with E-state index in [9.17, 15) is 8.42 Å². The summed E-state index contributed by atoms with van der Waals surface area (Å²) in [6.07, 6.45) is 0. The molecule has 92 valence electrons. The zero-order valence-corrected chi connectivity index (χ0v) is 11.9. The smallest absolute Gasteiger partial charge is 0.200 e. The lowest BCUT2D eigenvalue weighted by Gasteiger charge is -2.07. The van der Waals surface area contributed by atoms with Gasteiger partial charge in [-0.25, -0.2) is 8.42 Å². The van der Waals surface area contributed by atoms with Gasteiger partial charge in [0.1, 0.15) is 0 Å². The summed E-state index contributed by atoms with van der Waals surface area (Å²) in [4.78, 5) is 0.469. The highest BCUT2D eigenvalue weighted by Gasteiger charge is 2.26. The lowest BCUT2D eigenvalue weighted by molar-refractivity contribution is 0.605. The second kappa shape index (κ2) is 4.50. The molecule has 0 fully saturated rings. The Morgan fingerprint density at radius 2 is 2.00 bits per heavy atom. The number of fused-ring (bicyclic) bond motifs is 1. The van der Waals surface area contributed by atoms with Crippen LogP contribution < -0.4 is 0 Å². The molecular weight excluding hydrogens is 252 g/mol. The third-order valence-electron chi connectivity index (χ3n) is 2.66. The Labute approximate surface area is 107 Å². The first-order valence-electron chi connectivity index (χ1n) is 5.58.